The van der Waals surface area contributed by atoms with Crippen molar-refractivity contribution in [2.45, 2.75) is 12.2 Å². The number of aliphatic hydroxyl groups is 2. The van der Waals surface area contributed by atoms with Gasteiger partial charge in [0, 0.05) is 0 Å². The number of hydrogen-bond acceptors (Lipinski definition) is 5. The van der Waals surface area contributed by atoms with Gasteiger partial charge in [-0.05, 0) is 28.8 Å². The number of carbonyl (C=O) groups is 1. The van der Waals surface area contributed by atoms with Gasteiger partial charge in [-0.15, -0.1) is 0 Å². The molecule has 0 amide bonds. The maximum atomic E-state index is 11.2. The molecule has 2 rings (SSSR count). The maximum absolute atomic E-state index is 11.2. The van der Waals surface area contributed by atoms with Crippen molar-refractivity contribution in [1.29, 1.82) is 0 Å². The Morgan fingerprint density at radius 3 is 1.90 bits per heavy atom. The van der Waals surface area contributed by atoms with Crippen molar-refractivity contribution in [3.63, 3.8) is 0 Å². The number of methoxy groups -OCH3 is 1. The zero-order valence-electron chi connectivity index (χ0n) is 11.4. The summed E-state index contributed by atoms with van der Waals surface area (Å²) in [5.41, 5.74) is 2.20. The average Bonchev–Trinajstić information content (AvgIpc) is 2.53. The molecule has 3 N–H and O–H groups in total. The summed E-state index contributed by atoms with van der Waals surface area (Å²) >= 11 is 0. The Kier molecular flexibility index (Phi) is 4.57. The Hall–Kier alpha value is -2.37. The molecule has 2 unspecified atom stereocenters. The number of phenols is 1. The van der Waals surface area contributed by atoms with E-state index in [1.165, 1.54) is 0 Å². The highest BCUT2D eigenvalue weighted by molar-refractivity contribution is 5.75. The number of phenolic OH excluding ortho intramolecular Hbond substituents is 1. The molecule has 5 heteroatoms. The number of benzene rings is 2. The van der Waals surface area contributed by atoms with Crippen LogP contribution in [0.4, 0.5) is 0 Å². The minimum atomic E-state index is -1.62. The van der Waals surface area contributed by atoms with Crippen LogP contribution in [-0.4, -0.2) is 34.5 Å². The lowest BCUT2D eigenvalue weighted by Crippen LogP contribution is -2.28. The monoisotopic (exact) mass is 288 g/mol. The van der Waals surface area contributed by atoms with E-state index in [0.717, 1.165) is 18.2 Å². The summed E-state index contributed by atoms with van der Waals surface area (Å²) in [4.78, 5) is 11.2. The molecule has 0 aromatic heterocycles. The van der Waals surface area contributed by atoms with Gasteiger partial charge in [0.1, 0.15) is 11.9 Å². The molecule has 5 nitrogen and oxygen atoms in total. The standard InChI is InChI=1S/C16H16O5/c1-21-16(20)15(19)14(18)12-4-2-10(3-5-12)11-6-8-13(17)9-7-11/h2-9,14-15,17-19H,1H3. The van der Waals surface area contributed by atoms with Gasteiger partial charge in [0.05, 0.1) is 7.11 Å². The minimum Gasteiger partial charge on any atom is -0.508 e. The van der Waals surface area contributed by atoms with Crippen LogP contribution in [0.1, 0.15) is 11.7 Å². The van der Waals surface area contributed by atoms with Crippen LogP contribution in [0.25, 0.3) is 11.1 Å². The van der Waals surface area contributed by atoms with E-state index < -0.39 is 18.2 Å². The molecule has 0 bridgehead atoms. The van der Waals surface area contributed by atoms with Gasteiger partial charge in [0.25, 0.3) is 0 Å². The first-order chi connectivity index (χ1) is 10.0. The Labute approximate surface area is 122 Å². The van der Waals surface area contributed by atoms with E-state index >= 15 is 0 Å². The van der Waals surface area contributed by atoms with Crippen LogP contribution in [0.15, 0.2) is 48.5 Å². The fraction of sp³-hybridized carbons (Fsp3) is 0.188. The van der Waals surface area contributed by atoms with Crippen molar-refractivity contribution in [2.24, 2.45) is 0 Å². The number of aromatic hydroxyl groups is 1. The van der Waals surface area contributed by atoms with E-state index in [1.54, 1.807) is 48.5 Å². The van der Waals surface area contributed by atoms with Gasteiger partial charge in [0.15, 0.2) is 6.10 Å². The lowest BCUT2D eigenvalue weighted by molar-refractivity contribution is -0.156. The molecule has 0 aliphatic heterocycles. The van der Waals surface area contributed by atoms with Gasteiger partial charge in [0.2, 0.25) is 0 Å². The van der Waals surface area contributed by atoms with E-state index in [0.29, 0.717) is 5.56 Å². The second-order valence-corrected chi connectivity index (χ2v) is 4.58. The first-order valence-electron chi connectivity index (χ1n) is 6.36. The van der Waals surface area contributed by atoms with Crippen molar-refractivity contribution in [2.75, 3.05) is 7.11 Å². The lowest BCUT2D eigenvalue weighted by Gasteiger charge is -2.16. The second kappa shape index (κ2) is 6.39. The predicted molar refractivity (Wildman–Crippen MR) is 76.5 cm³/mol. The van der Waals surface area contributed by atoms with Gasteiger partial charge in [-0.2, -0.15) is 0 Å². The maximum Gasteiger partial charge on any atom is 0.337 e. The van der Waals surface area contributed by atoms with Gasteiger partial charge >= 0.3 is 5.97 Å². The summed E-state index contributed by atoms with van der Waals surface area (Å²) in [5, 5.41) is 28.8. The summed E-state index contributed by atoms with van der Waals surface area (Å²) < 4.78 is 4.39. The van der Waals surface area contributed by atoms with Crippen molar-refractivity contribution in [1.82, 2.24) is 0 Å². The molecule has 0 aliphatic carbocycles. The largest absolute Gasteiger partial charge is 0.508 e. The van der Waals surface area contributed by atoms with Gasteiger partial charge in [-0.25, -0.2) is 4.79 Å². The molecule has 0 aliphatic rings. The van der Waals surface area contributed by atoms with Crippen LogP contribution in [0.2, 0.25) is 0 Å². The fourth-order valence-corrected chi connectivity index (χ4v) is 1.96. The fourth-order valence-electron chi connectivity index (χ4n) is 1.96. The highest BCUT2D eigenvalue weighted by atomic mass is 16.5. The molecule has 2 atom stereocenters. The van der Waals surface area contributed by atoms with Crippen molar-refractivity contribution >= 4 is 5.97 Å². The molecule has 2 aromatic carbocycles. The van der Waals surface area contributed by atoms with Crippen LogP contribution in [0.3, 0.4) is 0 Å². The van der Waals surface area contributed by atoms with Gasteiger partial charge in [-0.3, -0.25) is 0 Å². The zero-order chi connectivity index (χ0) is 15.4. The predicted octanol–water partition coefficient (Wildman–Crippen LogP) is 1.63. The third-order valence-electron chi connectivity index (χ3n) is 3.19. The van der Waals surface area contributed by atoms with E-state index in [9.17, 15) is 20.1 Å². The quantitative estimate of drug-likeness (QED) is 0.744. The molecule has 0 fully saturated rings. The molecule has 2 aromatic rings. The first-order valence-corrected chi connectivity index (χ1v) is 6.36. The summed E-state index contributed by atoms with van der Waals surface area (Å²) in [5.74, 6) is -0.697. The SMILES string of the molecule is COC(=O)C(O)C(O)c1ccc(-c2ccc(O)cc2)cc1. The Balaban J connectivity index is 2.18. The van der Waals surface area contributed by atoms with Gasteiger partial charge in [-0.1, -0.05) is 36.4 Å². The third-order valence-corrected chi connectivity index (χ3v) is 3.19. The van der Waals surface area contributed by atoms with E-state index in [1.807, 2.05) is 0 Å². The van der Waals surface area contributed by atoms with Crippen molar-refractivity contribution in [3.8, 4) is 16.9 Å². The number of carbonyl (C=O) groups excluding carboxylic acids is 1. The van der Waals surface area contributed by atoms with E-state index in [4.69, 9.17) is 0 Å². The Morgan fingerprint density at radius 2 is 1.43 bits per heavy atom. The Morgan fingerprint density at radius 1 is 0.952 bits per heavy atom. The van der Waals surface area contributed by atoms with Crippen molar-refractivity contribution in [3.05, 3.63) is 54.1 Å². The minimum absolute atomic E-state index is 0.187. The van der Waals surface area contributed by atoms with Crippen molar-refractivity contribution < 1.29 is 24.9 Å². The molecule has 0 saturated heterocycles. The molecule has 110 valence electrons. The van der Waals surface area contributed by atoms with Crippen LogP contribution < -0.4 is 0 Å². The number of hydrogen-bond donors (Lipinski definition) is 3. The molecule has 0 spiro atoms. The average molecular weight is 288 g/mol. The third kappa shape index (κ3) is 3.39. The van der Waals surface area contributed by atoms with Crippen LogP contribution >= 0.6 is 0 Å². The molecule has 21 heavy (non-hydrogen) atoms. The van der Waals surface area contributed by atoms with Crippen LogP contribution in [0.5, 0.6) is 5.75 Å². The normalized spacial score (nSPS) is 13.5. The topological polar surface area (TPSA) is 87.0 Å². The van der Waals surface area contributed by atoms with E-state index in [-0.39, 0.29) is 5.75 Å². The highest BCUT2D eigenvalue weighted by Crippen LogP contribution is 2.25. The smallest absolute Gasteiger partial charge is 0.337 e. The summed E-state index contributed by atoms with van der Waals surface area (Å²) in [6.07, 6.45) is -2.96. The lowest BCUT2D eigenvalue weighted by atomic mass is 9.99. The number of aliphatic hydroxyl groups excluding tert-OH is 2. The molecular weight excluding hydrogens is 272 g/mol. The van der Waals surface area contributed by atoms with Crippen LogP contribution in [0, 0.1) is 0 Å². The summed E-state index contributed by atoms with van der Waals surface area (Å²) in [6, 6.07) is 13.5. The van der Waals surface area contributed by atoms with Crippen LogP contribution in [-0.2, 0) is 9.53 Å². The second-order valence-electron chi connectivity index (χ2n) is 4.58. The first kappa shape index (κ1) is 15.0. The number of ether oxygens (including phenoxy) is 1. The highest BCUT2D eigenvalue weighted by Gasteiger charge is 2.26. The summed E-state index contributed by atoms with van der Waals surface area (Å²) in [7, 11) is 1.15. The zero-order valence-corrected chi connectivity index (χ0v) is 11.4. The molecular formula is C16H16O5. The molecule has 0 saturated carbocycles. The number of rotatable bonds is 4. The van der Waals surface area contributed by atoms with Gasteiger partial charge < -0.3 is 20.1 Å². The molecule has 0 radical (unpaired) electrons. The number of esters is 1. The molecule has 0 heterocycles. The Bertz CT molecular complexity index is 604. The summed E-state index contributed by atoms with van der Waals surface area (Å²) in [6.45, 7) is 0. The van der Waals surface area contributed by atoms with E-state index in [2.05, 4.69) is 4.74 Å².